The van der Waals surface area contributed by atoms with Crippen LogP contribution in [0.3, 0.4) is 0 Å². The normalized spacial score (nSPS) is 12.0. The van der Waals surface area contributed by atoms with Crippen LogP contribution in [0.5, 0.6) is 0 Å². The molecule has 0 amide bonds. The number of ether oxygens (including phenoxy) is 1. The molecule has 4 heteroatoms. The van der Waals surface area contributed by atoms with E-state index >= 15 is 0 Å². The quantitative estimate of drug-likeness (QED) is 0.227. The van der Waals surface area contributed by atoms with Gasteiger partial charge in [0.25, 0.3) is 0 Å². The molecular formula is C16H32O3Si. The molecule has 0 saturated carbocycles. The number of allylic oxidation sites excluding steroid dienone is 1. The molecule has 0 rings (SSSR count). The third-order valence-electron chi connectivity index (χ3n) is 2.97. The summed E-state index contributed by atoms with van der Waals surface area (Å²) in [6, 6.07) is 0. The van der Waals surface area contributed by atoms with E-state index in [0.717, 1.165) is 32.3 Å². The zero-order chi connectivity index (χ0) is 15.3. The van der Waals surface area contributed by atoms with E-state index < -0.39 is 8.32 Å². The van der Waals surface area contributed by atoms with Gasteiger partial charge < -0.3 is 9.16 Å². The van der Waals surface area contributed by atoms with Gasteiger partial charge in [0, 0.05) is 13.0 Å². The molecule has 0 unspecified atom stereocenters. The Hall–Kier alpha value is -0.613. The standard InChI is InChI=1S/C16H32O3Si/c1-18-16(17)14-12-10-8-6-5-7-9-11-13-15-19-20(2,3)4/h9,11H,5-8,10,12-15H2,1-4H3. The van der Waals surface area contributed by atoms with Gasteiger partial charge in [-0.25, -0.2) is 0 Å². The molecule has 0 aromatic carbocycles. The molecule has 0 N–H and O–H groups in total. The molecular weight excluding hydrogens is 268 g/mol. The fraction of sp³-hybridized carbons (Fsp3) is 0.812. The Balaban J connectivity index is 3.22. The van der Waals surface area contributed by atoms with Crippen molar-refractivity contribution in [2.45, 2.75) is 71.0 Å². The molecule has 3 nitrogen and oxygen atoms in total. The minimum atomic E-state index is -1.33. The maximum absolute atomic E-state index is 10.9. The van der Waals surface area contributed by atoms with E-state index in [4.69, 9.17) is 4.43 Å². The predicted octanol–water partition coefficient (Wildman–Crippen LogP) is 4.69. The Labute approximate surface area is 125 Å². The number of rotatable bonds is 12. The Morgan fingerprint density at radius 2 is 1.55 bits per heavy atom. The van der Waals surface area contributed by atoms with Gasteiger partial charge in [0.1, 0.15) is 0 Å². The molecule has 20 heavy (non-hydrogen) atoms. The highest BCUT2D eigenvalue weighted by Crippen LogP contribution is 2.08. The van der Waals surface area contributed by atoms with Crippen LogP contribution in [0.1, 0.15) is 51.4 Å². The largest absolute Gasteiger partial charge is 0.469 e. The summed E-state index contributed by atoms with van der Waals surface area (Å²) in [7, 11) is 0.119. The summed E-state index contributed by atoms with van der Waals surface area (Å²) in [4.78, 5) is 10.9. The number of methoxy groups -OCH3 is 1. The highest BCUT2D eigenvalue weighted by atomic mass is 28.4. The lowest BCUT2D eigenvalue weighted by molar-refractivity contribution is -0.140. The van der Waals surface area contributed by atoms with E-state index in [0.29, 0.717) is 6.42 Å². The lowest BCUT2D eigenvalue weighted by Gasteiger charge is -2.15. The first-order valence-electron chi connectivity index (χ1n) is 7.81. The Bertz CT molecular complexity index is 269. The van der Waals surface area contributed by atoms with Crippen molar-refractivity contribution < 1.29 is 14.0 Å². The number of unbranched alkanes of at least 4 members (excludes halogenated alkanes) is 5. The van der Waals surface area contributed by atoms with Crippen molar-refractivity contribution in [2.75, 3.05) is 13.7 Å². The number of carbonyl (C=O) groups is 1. The van der Waals surface area contributed by atoms with Crippen molar-refractivity contribution in [3.05, 3.63) is 12.2 Å². The molecule has 0 bridgehead atoms. The summed E-state index contributed by atoms with van der Waals surface area (Å²) in [5, 5.41) is 0. The predicted molar refractivity (Wildman–Crippen MR) is 87.4 cm³/mol. The highest BCUT2D eigenvalue weighted by molar-refractivity contribution is 6.69. The molecule has 0 aromatic heterocycles. The van der Waals surface area contributed by atoms with Crippen LogP contribution >= 0.6 is 0 Å². The Kier molecular flexibility index (Phi) is 11.8. The van der Waals surface area contributed by atoms with Crippen molar-refractivity contribution in [2.24, 2.45) is 0 Å². The fourth-order valence-corrected chi connectivity index (χ4v) is 2.56. The lowest BCUT2D eigenvalue weighted by atomic mass is 10.1. The molecule has 0 fully saturated rings. The highest BCUT2D eigenvalue weighted by Gasteiger charge is 2.12. The van der Waals surface area contributed by atoms with Gasteiger partial charge in [-0.15, -0.1) is 0 Å². The second kappa shape index (κ2) is 12.2. The van der Waals surface area contributed by atoms with Gasteiger partial charge in [-0.05, 0) is 45.3 Å². The summed E-state index contributed by atoms with van der Waals surface area (Å²) in [6.45, 7) is 7.52. The Morgan fingerprint density at radius 1 is 0.950 bits per heavy atom. The summed E-state index contributed by atoms with van der Waals surface area (Å²) < 4.78 is 10.4. The molecule has 0 aliphatic rings. The van der Waals surface area contributed by atoms with E-state index in [9.17, 15) is 4.79 Å². The SMILES string of the molecule is COC(=O)CCCCCCCC=CCCO[Si](C)(C)C. The fourth-order valence-electron chi connectivity index (χ4n) is 1.83. The molecule has 0 saturated heterocycles. The Morgan fingerprint density at radius 3 is 2.20 bits per heavy atom. The van der Waals surface area contributed by atoms with Crippen molar-refractivity contribution in [3.63, 3.8) is 0 Å². The van der Waals surface area contributed by atoms with Gasteiger partial charge in [-0.1, -0.05) is 31.4 Å². The number of esters is 1. The van der Waals surface area contributed by atoms with Crippen molar-refractivity contribution in [3.8, 4) is 0 Å². The molecule has 0 aromatic rings. The zero-order valence-corrected chi connectivity index (χ0v) is 14.7. The second-order valence-electron chi connectivity index (χ2n) is 6.10. The summed E-state index contributed by atoms with van der Waals surface area (Å²) in [5.41, 5.74) is 0. The first-order chi connectivity index (χ1) is 9.45. The summed E-state index contributed by atoms with van der Waals surface area (Å²) in [5.74, 6) is -0.0894. The van der Waals surface area contributed by atoms with Gasteiger partial charge in [0.2, 0.25) is 0 Å². The van der Waals surface area contributed by atoms with Crippen LogP contribution in [-0.2, 0) is 14.0 Å². The summed E-state index contributed by atoms with van der Waals surface area (Å²) in [6.07, 6.45) is 13.0. The maximum Gasteiger partial charge on any atom is 0.305 e. The van der Waals surface area contributed by atoms with Crippen LogP contribution in [0.15, 0.2) is 12.2 Å². The molecule has 0 atom stereocenters. The number of carbonyl (C=O) groups excluding carboxylic acids is 1. The van der Waals surface area contributed by atoms with Crippen LogP contribution < -0.4 is 0 Å². The average Bonchev–Trinajstić information content (AvgIpc) is 2.38. The smallest absolute Gasteiger partial charge is 0.305 e. The van der Waals surface area contributed by atoms with E-state index in [2.05, 4.69) is 36.5 Å². The van der Waals surface area contributed by atoms with E-state index in [1.54, 1.807) is 0 Å². The molecule has 118 valence electrons. The van der Waals surface area contributed by atoms with Gasteiger partial charge in [-0.3, -0.25) is 4.79 Å². The van der Waals surface area contributed by atoms with Crippen LogP contribution in [0.25, 0.3) is 0 Å². The van der Waals surface area contributed by atoms with Crippen molar-refractivity contribution in [1.82, 2.24) is 0 Å². The van der Waals surface area contributed by atoms with Gasteiger partial charge in [-0.2, -0.15) is 0 Å². The molecule has 0 aliphatic carbocycles. The van der Waals surface area contributed by atoms with Gasteiger partial charge >= 0.3 is 5.97 Å². The topological polar surface area (TPSA) is 35.5 Å². The number of hydrogen-bond acceptors (Lipinski definition) is 3. The van der Waals surface area contributed by atoms with Gasteiger partial charge in [0.15, 0.2) is 8.32 Å². The third-order valence-corrected chi connectivity index (χ3v) is 4.04. The van der Waals surface area contributed by atoms with Gasteiger partial charge in [0.05, 0.1) is 7.11 Å². The molecule has 0 spiro atoms. The molecule has 0 radical (unpaired) electrons. The van der Waals surface area contributed by atoms with E-state index in [1.165, 1.54) is 26.4 Å². The number of hydrogen-bond donors (Lipinski definition) is 0. The molecule has 0 aliphatic heterocycles. The monoisotopic (exact) mass is 300 g/mol. The minimum absolute atomic E-state index is 0.0894. The third kappa shape index (κ3) is 15.4. The first-order valence-corrected chi connectivity index (χ1v) is 11.2. The zero-order valence-electron chi connectivity index (χ0n) is 13.7. The van der Waals surface area contributed by atoms with E-state index in [1.807, 2.05) is 0 Å². The van der Waals surface area contributed by atoms with E-state index in [-0.39, 0.29) is 5.97 Å². The summed E-state index contributed by atoms with van der Waals surface area (Å²) >= 11 is 0. The van der Waals surface area contributed by atoms with Crippen molar-refractivity contribution >= 4 is 14.3 Å². The first kappa shape index (κ1) is 19.4. The maximum atomic E-state index is 10.9. The van der Waals surface area contributed by atoms with Crippen LogP contribution in [0.4, 0.5) is 0 Å². The average molecular weight is 301 g/mol. The van der Waals surface area contributed by atoms with Crippen LogP contribution in [0.2, 0.25) is 19.6 Å². The van der Waals surface area contributed by atoms with Crippen LogP contribution in [-0.4, -0.2) is 28.0 Å². The lowest BCUT2D eigenvalue weighted by Crippen LogP contribution is -2.25. The second-order valence-corrected chi connectivity index (χ2v) is 10.6. The van der Waals surface area contributed by atoms with Crippen LogP contribution in [0, 0.1) is 0 Å². The van der Waals surface area contributed by atoms with Crippen molar-refractivity contribution in [1.29, 1.82) is 0 Å². The minimum Gasteiger partial charge on any atom is -0.469 e. The molecule has 0 heterocycles.